The number of benzene rings is 2. The maximum Gasteiger partial charge on any atom is 0.295 e. The Morgan fingerprint density at radius 2 is 1.74 bits per heavy atom. The lowest BCUT2D eigenvalue weighted by molar-refractivity contribution is 0.137. The summed E-state index contributed by atoms with van der Waals surface area (Å²) < 4.78 is 30.5. The normalized spacial score (nSPS) is 14.7. The van der Waals surface area contributed by atoms with Gasteiger partial charge in [0.25, 0.3) is 6.43 Å². The molecule has 2 aromatic carbocycles. The Bertz CT molecular complexity index is 1700. The van der Waals surface area contributed by atoms with E-state index >= 15 is 0 Å². The number of fused-ring (bicyclic) bond motifs is 2. The highest BCUT2D eigenvalue weighted by Gasteiger charge is 2.26. The van der Waals surface area contributed by atoms with Crippen LogP contribution < -0.4 is 4.90 Å². The third kappa shape index (κ3) is 4.29. The van der Waals surface area contributed by atoms with E-state index in [4.69, 9.17) is 9.97 Å². The van der Waals surface area contributed by atoms with Gasteiger partial charge in [0.1, 0.15) is 5.65 Å². The van der Waals surface area contributed by atoms with Crippen LogP contribution in [0.25, 0.3) is 39.1 Å². The minimum atomic E-state index is -2.67. The Morgan fingerprint density at radius 1 is 1.03 bits per heavy atom. The topological polar surface area (TPSA) is 78.3 Å². The molecule has 0 radical (unpaired) electrons. The summed E-state index contributed by atoms with van der Waals surface area (Å²) in [6.07, 6.45) is 3.06. The maximum atomic E-state index is 13.6. The highest BCUT2D eigenvalue weighted by atomic mass is 19.3. The minimum absolute atomic E-state index is 0.268. The summed E-state index contributed by atoms with van der Waals surface area (Å²) in [6, 6.07) is 15.6. The minimum Gasteiger partial charge on any atom is -0.342 e. The summed E-state index contributed by atoms with van der Waals surface area (Å²) in [5, 5.41) is 9.33. The van der Waals surface area contributed by atoms with Gasteiger partial charge in [-0.3, -0.25) is 4.40 Å². The van der Waals surface area contributed by atoms with Gasteiger partial charge in [-0.1, -0.05) is 18.2 Å². The van der Waals surface area contributed by atoms with Gasteiger partial charge in [0.2, 0.25) is 5.95 Å². The molecule has 0 aliphatic carbocycles. The second kappa shape index (κ2) is 9.75. The third-order valence-corrected chi connectivity index (χ3v) is 7.69. The van der Waals surface area contributed by atoms with Crippen molar-refractivity contribution in [2.24, 2.45) is 7.05 Å². The van der Waals surface area contributed by atoms with Crippen LogP contribution in [0.2, 0.25) is 0 Å². The number of hydrogen-bond donors (Lipinski definition) is 0. The summed E-state index contributed by atoms with van der Waals surface area (Å²) >= 11 is 0. The highest BCUT2D eigenvalue weighted by Crippen LogP contribution is 2.38. The van der Waals surface area contributed by atoms with Crippen molar-refractivity contribution >= 4 is 22.6 Å². The Kier molecular flexibility index (Phi) is 6.23. The molecule has 1 saturated heterocycles. The average Bonchev–Trinajstić information content (AvgIpc) is 3.57. The molecule has 1 fully saturated rings. The predicted molar refractivity (Wildman–Crippen MR) is 147 cm³/mol. The van der Waals surface area contributed by atoms with Crippen LogP contribution in [-0.2, 0) is 7.05 Å². The summed E-state index contributed by atoms with van der Waals surface area (Å²) in [4.78, 5) is 18.7. The van der Waals surface area contributed by atoms with Crippen LogP contribution >= 0.6 is 0 Å². The molecule has 0 N–H and O–H groups in total. The van der Waals surface area contributed by atoms with Crippen LogP contribution in [0.4, 0.5) is 14.7 Å². The SMILES string of the molecule is CN(C)C1CCN(c2nc(-c3ccc(C#N)cc3)c(-c3ccc4c(c3)nc(C(F)F)n4C)c3nccn23)CC1. The van der Waals surface area contributed by atoms with Gasteiger partial charge in [0.15, 0.2) is 5.82 Å². The molecule has 0 saturated carbocycles. The standard InChI is InChI=1S/C29H28F2N8/c1-36(2)21-10-13-38(14-11-21)29-35-25(19-6-4-18(17-32)5-7-19)24(27-33-12-15-39(27)29)20-8-9-23-22(16-20)34-28(26(30)31)37(23)3/h4-9,12,15-16,21,26H,10-11,13-14H2,1-3H3. The van der Waals surface area contributed by atoms with Crippen molar-refractivity contribution < 1.29 is 8.78 Å². The first-order chi connectivity index (χ1) is 18.9. The molecule has 5 aromatic rings. The first-order valence-electron chi connectivity index (χ1n) is 12.9. The van der Waals surface area contributed by atoms with Crippen LogP contribution in [0.15, 0.2) is 54.9 Å². The number of nitrogens with zero attached hydrogens (tertiary/aromatic N) is 8. The Hall–Kier alpha value is -4.36. The van der Waals surface area contributed by atoms with Crippen LogP contribution in [-0.4, -0.2) is 62.0 Å². The zero-order valence-electron chi connectivity index (χ0n) is 22.0. The summed E-state index contributed by atoms with van der Waals surface area (Å²) in [5.74, 6) is 0.539. The lowest BCUT2D eigenvalue weighted by Gasteiger charge is -2.36. The largest absolute Gasteiger partial charge is 0.342 e. The third-order valence-electron chi connectivity index (χ3n) is 7.69. The first-order valence-corrected chi connectivity index (χ1v) is 12.9. The van der Waals surface area contributed by atoms with E-state index in [-0.39, 0.29) is 5.82 Å². The fourth-order valence-corrected chi connectivity index (χ4v) is 5.52. The highest BCUT2D eigenvalue weighted by molar-refractivity contribution is 5.94. The van der Waals surface area contributed by atoms with Crippen molar-refractivity contribution in [2.45, 2.75) is 25.3 Å². The average molecular weight is 527 g/mol. The monoisotopic (exact) mass is 526 g/mol. The fourth-order valence-electron chi connectivity index (χ4n) is 5.52. The van der Waals surface area contributed by atoms with Gasteiger partial charge in [0, 0.05) is 44.1 Å². The maximum absolute atomic E-state index is 13.6. The number of rotatable bonds is 5. The molecule has 8 nitrogen and oxygen atoms in total. The van der Waals surface area contributed by atoms with Crippen molar-refractivity contribution in [3.63, 3.8) is 0 Å². The molecule has 0 atom stereocenters. The molecule has 4 heterocycles. The summed E-state index contributed by atoms with van der Waals surface area (Å²) in [6.45, 7) is 1.73. The van der Waals surface area contributed by atoms with Crippen molar-refractivity contribution in [3.05, 3.63) is 66.2 Å². The van der Waals surface area contributed by atoms with Crippen molar-refractivity contribution in [3.8, 4) is 28.5 Å². The lowest BCUT2D eigenvalue weighted by Crippen LogP contribution is -2.43. The Morgan fingerprint density at radius 3 is 2.41 bits per heavy atom. The quantitative estimate of drug-likeness (QED) is 0.310. The van der Waals surface area contributed by atoms with E-state index < -0.39 is 6.43 Å². The van der Waals surface area contributed by atoms with Gasteiger partial charge in [-0.25, -0.2) is 23.7 Å². The van der Waals surface area contributed by atoms with E-state index in [1.54, 1.807) is 25.4 Å². The summed E-state index contributed by atoms with van der Waals surface area (Å²) in [5.41, 5.74) is 5.50. The second-order valence-corrected chi connectivity index (χ2v) is 10.2. The first kappa shape index (κ1) is 24.9. The van der Waals surface area contributed by atoms with E-state index in [2.05, 4.69) is 34.9 Å². The molecular weight excluding hydrogens is 498 g/mol. The number of nitriles is 1. The van der Waals surface area contributed by atoms with Crippen LogP contribution in [0.1, 0.15) is 30.7 Å². The molecule has 198 valence electrons. The zero-order chi connectivity index (χ0) is 27.3. The Balaban J connectivity index is 1.55. The van der Waals surface area contributed by atoms with E-state index in [1.807, 2.05) is 40.9 Å². The number of aromatic nitrogens is 5. The molecule has 39 heavy (non-hydrogen) atoms. The molecular formula is C29H28F2N8. The Labute approximate surface area is 224 Å². The van der Waals surface area contributed by atoms with Crippen molar-refractivity contribution in [1.82, 2.24) is 28.8 Å². The number of hydrogen-bond acceptors (Lipinski definition) is 6. The second-order valence-electron chi connectivity index (χ2n) is 10.2. The van der Waals surface area contributed by atoms with Gasteiger partial charge in [0.05, 0.1) is 33.9 Å². The number of imidazole rings is 2. The molecule has 0 bridgehead atoms. The van der Waals surface area contributed by atoms with Crippen LogP contribution in [0.5, 0.6) is 0 Å². The van der Waals surface area contributed by atoms with E-state index in [0.717, 1.165) is 54.2 Å². The molecule has 0 unspecified atom stereocenters. The van der Waals surface area contributed by atoms with Crippen LogP contribution in [0.3, 0.4) is 0 Å². The molecule has 0 spiro atoms. The smallest absolute Gasteiger partial charge is 0.295 e. The predicted octanol–water partition coefficient (Wildman–Crippen LogP) is 5.29. The van der Waals surface area contributed by atoms with E-state index in [1.165, 1.54) is 4.57 Å². The summed E-state index contributed by atoms with van der Waals surface area (Å²) in [7, 11) is 5.83. The lowest BCUT2D eigenvalue weighted by atomic mass is 9.98. The number of alkyl halides is 2. The number of anilines is 1. The van der Waals surface area contributed by atoms with Crippen molar-refractivity contribution in [2.75, 3.05) is 32.1 Å². The fraction of sp³-hybridized carbons (Fsp3) is 0.310. The van der Waals surface area contributed by atoms with Gasteiger partial charge < -0.3 is 14.4 Å². The molecule has 1 aliphatic heterocycles. The van der Waals surface area contributed by atoms with Gasteiger partial charge in [-0.15, -0.1) is 0 Å². The van der Waals surface area contributed by atoms with E-state index in [9.17, 15) is 14.0 Å². The molecule has 10 heteroatoms. The van der Waals surface area contributed by atoms with E-state index in [0.29, 0.717) is 28.3 Å². The molecule has 1 aliphatic rings. The molecule has 6 rings (SSSR count). The van der Waals surface area contributed by atoms with Gasteiger partial charge in [-0.2, -0.15) is 5.26 Å². The van der Waals surface area contributed by atoms with Crippen molar-refractivity contribution in [1.29, 1.82) is 5.26 Å². The number of aryl methyl sites for hydroxylation is 1. The number of halogens is 2. The van der Waals surface area contributed by atoms with Gasteiger partial charge >= 0.3 is 0 Å². The molecule has 0 amide bonds. The number of piperidine rings is 1. The van der Waals surface area contributed by atoms with Crippen LogP contribution in [0, 0.1) is 11.3 Å². The molecule has 3 aromatic heterocycles. The zero-order valence-corrected chi connectivity index (χ0v) is 22.0. The van der Waals surface area contributed by atoms with Gasteiger partial charge in [-0.05, 0) is 56.8 Å².